The first kappa shape index (κ1) is 18.8. The summed E-state index contributed by atoms with van der Waals surface area (Å²) >= 11 is 0. The number of rotatable bonds is 7. The Labute approximate surface area is 152 Å². The number of hydrogen-bond acceptors (Lipinski definition) is 6. The fourth-order valence-corrected chi connectivity index (χ4v) is 5.05. The lowest BCUT2D eigenvalue weighted by Gasteiger charge is -2.34. The SMILES string of the molecule is NCCC(=O)NCC1CCCCN1S(=O)(=O)Cc1noc2ccccc12. The highest BCUT2D eigenvalue weighted by molar-refractivity contribution is 7.88. The number of fused-ring (bicyclic) bond motifs is 1. The number of benzene rings is 1. The largest absolute Gasteiger partial charge is 0.356 e. The van der Waals surface area contributed by atoms with E-state index in [1.54, 1.807) is 12.1 Å². The number of carbonyl (C=O) groups excluding carboxylic acids is 1. The van der Waals surface area contributed by atoms with Gasteiger partial charge in [-0.3, -0.25) is 4.79 Å². The van der Waals surface area contributed by atoms with Crippen molar-refractivity contribution in [2.75, 3.05) is 19.6 Å². The lowest BCUT2D eigenvalue weighted by atomic mass is 10.1. The average molecular weight is 380 g/mol. The zero-order valence-corrected chi connectivity index (χ0v) is 15.4. The van der Waals surface area contributed by atoms with E-state index >= 15 is 0 Å². The van der Waals surface area contributed by atoms with Crippen LogP contribution in [0.4, 0.5) is 0 Å². The molecule has 1 aromatic heterocycles. The summed E-state index contributed by atoms with van der Waals surface area (Å²) in [6, 6.07) is 6.96. The van der Waals surface area contributed by atoms with Crippen LogP contribution in [-0.4, -0.2) is 49.5 Å². The van der Waals surface area contributed by atoms with Gasteiger partial charge in [0.15, 0.2) is 5.58 Å². The minimum absolute atomic E-state index is 0.155. The number of para-hydroxylation sites is 1. The van der Waals surface area contributed by atoms with E-state index in [4.69, 9.17) is 10.3 Å². The van der Waals surface area contributed by atoms with Crippen LogP contribution in [0.25, 0.3) is 11.0 Å². The Kier molecular flexibility index (Phi) is 5.90. The summed E-state index contributed by atoms with van der Waals surface area (Å²) in [5.74, 6) is -0.366. The second kappa shape index (κ2) is 8.15. The first-order valence-corrected chi connectivity index (χ1v) is 10.4. The van der Waals surface area contributed by atoms with Crippen molar-refractivity contribution in [2.45, 2.75) is 37.5 Å². The van der Waals surface area contributed by atoms with Crippen LogP contribution < -0.4 is 11.1 Å². The van der Waals surface area contributed by atoms with Gasteiger partial charge < -0.3 is 15.6 Å². The van der Waals surface area contributed by atoms with Crippen LogP contribution in [0.5, 0.6) is 0 Å². The molecule has 3 N–H and O–H groups in total. The van der Waals surface area contributed by atoms with E-state index in [0.29, 0.717) is 29.8 Å². The van der Waals surface area contributed by atoms with Crippen molar-refractivity contribution in [3.63, 3.8) is 0 Å². The molecule has 1 atom stereocenters. The number of amides is 1. The molecule has 8 nitrogen and oxygen atoms in total. The molecule has 1 saturated heterocycles. The zero-order chi connectivity index (χ0) is 18.6. The minimum atomic E-state index is -3.57. The van der Waals surface area contributed by atoms with Gasteiger partial charge in [0.1, 0.15) is 11.4 Å². The third kappa shape index (κ3) is 4.22. The number of nitrogens with two attached hydrogens (primary N) is 1. The van der Waals surface area contributed by atoms with Gasteiger partial charge in [-0.15, -0.1) is 0 Å². The van der Waals surface area contributed by atoms with Gasteiger partial charge in [0.05, 0.1) is 0 Å². The van der Waals surface area contributed by atoms with Crippen LogP contribution in [0.15, 0.2) is 28.8 Å². The van der Waals surface area contributed by atoms with Crippen LogP contribution in [0, 0.1) is 0 Å². The molecule has 0 bridgehead atoms. The van der Waals surface area contributed by atoms with Crippen molar-refractivity contribution in [3.8, 4) is 0 Å². The highest BCUT2D eigenvalue weighted by atomic mass is 32.2. The third-order valence-electron chi connectivity index (χ3n) is 4.61. The minimum Gasteiger partial charge on any atom is -0.356 e. The Morgan fingerprint density at radius 2 is 2.15 bits per heavy atom. The van der Waals surface area contributed by atoms with Crippen molar-refractivity contribution in [1.82, 2.24) is 14.8 Å². The molecule has 1 amide bonds. The molecule has 26 heavy (non-hydrogen) atoms. The summed E-state index contributed by atoms with van der Waals surface area (Å²) < 4.78 is 32.7. The van der Waals surface area contributed by atoms with Crippen molar-refractivity contribution in [1.29, 1.82) is 0 Å². The van der Waals surface area contributed by atoms with Crippen molar-refractivity contribution in [3.05, 3.63) is 30.0 Å². The van der Waals surface area contributed by atoms with Crippen LogP contribution in [0.1, 0.15) is 31.4 Å². The maximum Gasteiger partial charge on any atom is 0.221 e. The summed E-state index contributed by atoms with van der Waals surface area (Å²) in [5.41, 5.74) is 6.36. The Hall–Kier alpha value is -1.97. The van der Waals surface area contributed by atoms with E-state index < -0.39 is 10.0 Å². The number of sulfonamides is 1. The molecule has 1 fully saturated rings. The lowest BCUT2D eigenvalue weighted by molar-refractivity contribution is -0.121. The predicted molar refractivity (Wildman–Crippen MR) is 97.7 cm³/mol. The predicted octanol–water partition coefficient (Wildman–Crippen LogP) is 0.977. The van der Waals surface area contributed by atoms with Gasteiger partial charge in [0, 0.05) is 37.5 Å². The first-order chi connectivity index (χ1) is 12.5. The van der Waals surface area contributed by atoms with E-state index in [2.05, 4.69) is 10.5 Å². The summed E-state index contributed by atoms with van der Waals surface area (Å²) in [7, 11) is -3.57. The van der Waals surface area contributed by atoms with E-state index in [1.807, 2.05) is 12.1 Å². The molecular weight excluding hydrogens is 356 g/mol. The number of carbonyl (C=O) groups is 1. The number of piperidine rings is 1. The van der Waals surface area contributed by atoms with E-state index in [1.165, 1.54) is 4.31 Å². The summed E-state index contributed by atoms with van der Waals surface area (Å²) in [6.45, 7) is 1.03. The van der Waals surface area contributed by atoms with Crippen LogP contribution in [-0.2, 0) is 20.6 Å². The number of aromatic nitrogens is 1. The van der Waals surface area contributed by atoms with Gasteiger partial charge in [0.25, 0.3) is 0 Å². The first-order valence-electron chi connectivity index (χ1n) is 8.81. The number of nitrogens with one attached hydrogen (secondary N) is 1. The second-order valence-corrected chi connectivity index (χ2v) is 8.41. The van der Waals surface area contributed by atoms with Gasteiger partial charge in [-0.05, 0) is 25.0 Å². The van der Waals surface area contributed by atoms with E-state index in [9.17, 15) is 13.2 Å². The second-order valence-electron chi connectivity index (χ2n) is 6.48. The Morgan fingerprint density at radius 1 is 1.35 bits per heavy atom. The summed E-state index contributed by atoms with van der Waals surface area (Å²) in [4.78, 5) is 11.7. The molecule has 1 aliphatic heterocycles. The van der Waals surface area contributed by atoms with Crippen LogP contribution in [0.2, 0.25) is 0 Å². The molecule has 0 aliphatic carbocycles. The quantitative estimate of drug-likeness (QED) is 0.739. The Morgan fingerprint density at radius 3 is 2.96 bits per heavy atom. The normalized spacial score (nSPS) is 18.9. The molecule has 2 heterocycles. The fourth-order valence-electron chi connectivity index (χ4n) is 3.29. The standard InChI is InChI=1S/C17H24N4O4S/c18-9-8-17(22)19-11-13-5-3-4-10-21(13)26(23,24)12-15-14-6-1-2-7-16(14)25-20-15/h1-2,6-7,13H,3-5,8-12,18H2,(H,19,22). The fraction of sp³-hybridized carbons (Fsp3) is 0.529. The Bertz CT molecular complexity index is 865. The number of hydrogen-bond donors (Lipinski definition) is 2. The molecule has 142 valence electrons. The molecule has 1 unspecified atom stereocenters. The zero-order valence-electron chi connectivity index (χ0n) is 14.6. The smallest absolute Gasteiger partial charge is 0.221 e. The van der Waals surface area contributed by atoms with Crippen molar-refractivity contribution in [2.24, 2.45) is 5.73 Å². The van der Waals surface area contributed by atoms with E-state index in [0.717, 1.165) is 19.3 Å². The van der Waals surface area contributed by atoms with Gasteiger partial charge in [0.2, 0.25) is 15.9 Å². The molecule has 3 rings (SSSR count). The summed E-state index contributed by atoms with van der Waals surface area (Å²) in [5, 5.41) is 7.43. The van der Waals surface area contributed by atoms with Crippen LogP contribution >= 0.6 is 0 Å². The molecule has 2 aromatic rings. The third-order valence-corrected chi connectivity index (χ3v) is 6.44. The average Bonchev–Trinajstić information content (AvgIpc) is 3.03. The monoisotopic (exact) mass is 380 g/mol. The highest BCUT2D eigenvalue weighted by Crippen LogP contribution is 2.25. The van der Waals surface area contributed by atoms with Gasteiger partial charge in [-0.25, -0.2) is 8.42 Å². The van der Waals surface area contributed by atoms with Crippen molar-refractivity contribution < 1.29 is 17.7 Å². The molecular formula is C17H24N4O4S. The van der Waals surface area contributed by atoms with Crippen LogP contribution in [0.3, 0.4) is 0 Å². The van der Waals surface area contributed by atoms with Crippen molar-refractivity contribution >= 4 is 26.9 Å². The van der Waals surface area contributed by atoms with Gasteiger partial charge in [-0.1, -0.05) is 23.7 Å². The maximum absolute atomic E-state index is 13.0. The molecule has 1 aliphatic rings. The number of nitrogens with zero attached hydrogens (tertiary/aromatic N) is 2. The highest BCUT2D eigenvalue weighted by Gasteiger charge is 2.33. The topological polar surface area (TPSA) is 119 Å². The van der Waals surface area contributed by atoms with Gasteiger partial charge in [-0.2, -0.15) is 4.31 Å². The lowest BCUT2D eigenvalue weighted by Crippen LogP contribution is -2.49. The van der Waals surface area contributed by atoms with E-state index in [-0.39, 0.29) is 30.7 Å². The maximum atomic E-state index is 13.0. The summed E-state index contributed by atoms with van der Waals surface area (Å²) in [6.07, 6.45) is 2.72. The molecule has 0 radical (unpaired) electrons. The molecule has 0 saturated carbocycles. The van der Waals surface area contributed by atoms with Gasteiger partial charge >= 0.3 is 0 Å². The molecule has 0 spiro atoms. The Balaban J connectivity index is 1.74. The molecule has 1 aromatic carbocycles. The molecule has 9 heteroatoms.